The fourth-order valence-corrected chi connectivity index (χ4v) is 3.65. The van der Waals surface area contributed by atoms with E-state index in [-0.39, 0.29) is 11.9 Å². The molecule has 1 aliphatic rings. The Balaban J connectivity index is 1.64. The highest BCUT2D eigenvalue weighted by Crippen LogP contribution is 2.34. The SMILES string of the molecule is COc1cc(OC)c(OC)cc1/C=N/NC(=O)C1CC(c2ccc(Cl)cc2Cl)NN1. The number of hydrazine groups is 1. The molecule has 3 N–H and O–H groups in total. The van der Waals surface area contributed by atoms with Crippen molar-refractivity contribution in [1.82, 2.24) is 16.3 Å². The van der Waals surface area contributed by atoms with Gasteiger partial charge in [0.05, 0.1) is 27.5 Å². The number of amides is 1. The van der Waals surface area contributed by atoms with Crippen LogP contribution in [0.1, 0.15) is 23.6 Å². The lowest BCUT2D eigenvalue weighted by Crippen LogP contribution is -2.41. The zero-order chi connectivity index (χ0) is 21.7. The maximum atomic E-state index is 12.5. The molecule has 0 aliphatic carbocycles. The summed E-state index contributed by atoms with van der Waals surface area (Å²) in [6.07, 6.45) is 1.98. The number of methoxy groups -OCH3 is 3. The molecule has 3 rings (SSSR count). The van der Waals surface area contributed by atoms with Crippen molar-refractivity contribution in [3.8, 4) is 17.2 Å². The van der Waals surface area contributed by atoms with Gasteiger partial charge in [-0.1, -0.05) is 29.3 Å². The number of carbonyl (C=O) groups excluding carboxylic acids is 1. The van der Waals surface area contributed by atoms with Gasteiger partial charge in [-0.3, -0.25) is 4.79 Å². The number of hydrogen-bond acceptors (Lipinski definition) is 7. The van der Waals surface area contributed by atoms with E-state index in [1.54, 1.807) is 31.4 Å². The van der Waals surface area contributed by atoms with E-state index in [1.807, 2.05) is 6.07 Å². The van der Waals surface area contributed by atoms with Crippen LogP contribution >= 0.6 is 23.2 Å². The van der Waals surface area contributed by atoms with Crippen LogP contribution in [-0.4, -0.2) is 39.5 Å². The molecular weight excluding hydrogens is 431 g/mol. The van der Waals surface area contributed by atoms with Gasteiger partial charge in [0.15, 0.2) is 11.5 Å². The number of halogens is 2. The molecule has 0 radical (unpaired) electrons. The Bertz CT molecular complexity index is 955. The van der Waals surface area contributed by atoms with Crippen LogP contribution in [0.3, 0.4) is 0 Å². The van der Waals surface area contributed by atoms with Crippen molar-refractivity contribution in [3.63, 3.8) is 0 Å². The van der Waals surface area contributed by atoms with Crippen LogP contribution in [0, 0.1) is 0 Å². The normalized spacial score (nSPS) is 18.4. The summed E-state index contributed by atoms with van der Waals surface area (Å²) in [5.41, 5.74) is 10.1. The highest BCUT2D eigenvalue weighted by Gasteiger charge is 2.31. The van der Waals surface area contributed by atoms with Crippen molar-refractivity contribution >= 4 is 35.3 Å². The molecule has 0 saturated carbocycles. The van der Waals surface area contributed by atoms with Gasteiger partial charge in [0.25, 0.3) is 5.91 Å². The Labute approximate surface area is 184 Å². The average molecular weight is 453 g/mol. The second-order valence-electron chi connectivity index (χ2n) is 6.48. The standard InChI is InChI=1S/C20H22Cl2N4O4/c1-28-17-9-19(30-3)18(29-2)6-11(17)10-23-26-20(27)16-8-15(24-25-16)13-5-4-12(21)7-14(13)22/h4-7,9-10,15-16,24-25H,8H2,1-3H3,(H,26,27)/b23-10+. The fourth-order valence-electron chi connectivity index (χ4n) is 3.11. The number of carbonyl (C=O) groups is 1. The molecule has 0 aromatic heterocycles. The Morgan fingerprint density at radius 1 is 1.07 bits per heavy atom. The Hall–Kier alpha value is -2.52. The summed E-state index contributed by atoms with van der Waals surface area (Å²) < 4.78 is 15.9. The Morgan fingerprint density at radius 2 is 1.77 bits per heavy atom. The minimum atomic E-state index is -0.480. The van der Waals surface area contributed by atoms with E-state index in [1.165, 1.54) is 20.4 Å². The first-order chi connectivity index (χ1) is 14.5. The van der Waals surface area contributed by atoms with Crippen molar-refractivity contribution in [2.75, 3.05) is 21.3 Å². The first-order valence-electron chi connectivity index (χ1n) is 9.05. The second-order valence-corrected chi connectivity index (χ2v) is 7.32. The molecule has 2 aromatic rings. The van der Waals surface area contributed by atoms with E-state index in [9.17, 15) is 4.79 Å². The van der Waals surface area contributed by atoms with Crippen molar-refractivity contribution in [1.29, 1.82) is 0 Å². The van der Waals surface area contributed by atoms with Gasteiger partial charge in [-0.15, -0.1) is 0 Å². The number of rotatable bonds is 7. The summed E-state index contributed by atoms with van der Waals surface area (Å²) in [5, 5.41) is 5.14. The molecule has 30 heavy (non-hydrogen) atoms. The van der Waals surface area contributed by atoms with Gasteiger partial charge in [0, 0.05) is 27.7 Å². The molecule has 160 valence electrons. The van der Waals surface area contributed by atoms with E-state index in [2.05, 4.69) is 21.4 Å². The number of hydrazone groups is 1. The quantitative estimate of drug-likeness (QED) is 0.441. The van der Waals surface area contributed by atoms with Gasteiger partial charge in [0.2, 0.25) is 0 Å². The third-order valence-corrected chi connectivity index (χ3v) is 5.23. The van der Waals surface area contributed by atoms with Crippen LogP contribution in [0.4, 0.5) is 0 Å². The maximum absolute atomic E-state index is 12.5. The van der Waals surface area contributed by atoms with E-state index < -0.39 is 6.04 Å². The van der Waals surface area contributed by atoms with E-state index >= 15 is 0 Å². The first kappa shape index (κ1) is 22.2. The van der Waals surface area contributed by atoms with Crippen molar-refractivity contribution < 1.29 is 19.0 Å². The molecule has 1 heterocycles. The molecule has 1 aliphatic heterocycles. The molecule has 8 nitrogen and oxygen atoms in total. The van der Waals surface area contributed by atoms with Crippen LogP contribution in [0.5, 0.6) is 17.2 Å². The van der Waals surface area contributed by atoms with Gasteiger partial charge in [-0.05, 0) is 30.2 Å². The number of nitrogens with one attached hydrogen (secondary N) is 3. The first-order valence-corrected chi connectivity index (χ1v) is 9.81. The van der Waals surface area contributed by atoms with Gasteiger partial charge >= 0.3 is 0 Å². The van der Waals surface area contributed by atoms with Crippen LogP contribution in [0.15, 0.2) is 35.4 Å². The van der Waals surface area contributed by atoms with Gasteiger partial charge in [-0.2, -0.15) is 5.10 Å². The Morgan fingerprint density at radius 3 is 2.43 bits per heavy atom. The smallest absolute Gasteiger partial charge is 0.258 e. The molecule has 1 fully saturated rings. The molecule has 10 heteroatoms. The molecule has 2 atom stereocenters. The zero-order valence-corrected chi connectivity index (χ0v) is 18.2. The monoisotopic (exact) mass is 452 g/mol. The number of benzene rings is 2. The third-order valence-electron chi connectivity index (χ3n) is 4.67. The van der Waals surface area contributed by atoms with Gasteiger partial charge < -0.3 is 14.2 Å². The molecule has 1 saturated heterocycles. The summed E-state index contributed by atoms with van der Waals surface area (Å²) in [6, 6.07) is 8.07. The minimum absolute atomic E-state index is 0.125. The third kappa shape index (κ3) is 4.96. The highest BCUT2D eigenvalue weighted by atomic mass is 35.5. The van der Waals surface area contributed by atoms with Crippen LogP contribution < -0.4 is 30.5 Å². The topological polar surface area (TPSA) is 93.2 Å². The summed E-state index contributed by atoms with van der Waals surface area (Å²) in [5.74, 6) is 1.30. The van der Waals surface area contributed by atoms with E-state index in [4.69, 9.17) is 37.4 Å². The van der Waals surface area contributed by atoms with E-state index in [0.717, 1.165) is 5.56 Å². The fraction of sp³-hybridized carbons (Fsp3) is 0.300. The summed E-state index contributed by atoms with van der Waals surface area (Å²) >= 11 is 12.2. The number of nitrogens with zero attached hydrogens (tertiary/aromatic N) is 1. The number of hydrogen-bond donors (Lipinski definition) is 3. The maximum Gasteiger partial charge on any atom is 0.258 e. The van der Waals surface area contributed by atoms with Crippen molar-refractivity contribution in [3.05, 3.63) is 51.5 Å². The molecule has 2 aromatic carbocycles. The minimum Gasteiger partial charge on any atom is -0.496 e. The van der Waals surface area contributed by atoms with Crippen molar-refractivity contribution in [2.24, 2.45) is 5.10 Å². The molecular formula is C20H22Cl2N4O4. The molecule has 0 spiro atoms. The van der Waals surface area contributed by atoms with Crippen molar-refractivity contribution in [2.45, 2.75) is 18.5 Å². The lowest BCUT2D eigenvalue weighted by atomic mass is 10.0. The lowest BCUT2D eigenvalue weighted by Gasteiger charge is -2.12. The van der Waals surface area contributed by atoms with Crippen LogP contribution in [0.2, 0.25) is 10.0 Å². The molecule has 1 amide bonds. The average Bonchev–Trinajstić information content (AvgIpc) is 3.23. The number of ether oxygens (including phenoxy) is 3. The van der Waals surface area contributed by atoms with Crippen LogP contribution in [-0.2, 0) is 4.79 Å². The predicted octanol–water partition coefficient (Wildman–Crippen LogP) is 3.08. The zero-order valence-electron chi connectivity index (χ0n) is 16.7. The summed E-state index contributed by atoms with van der Waals surface area (Å²) in [7, 11) is 4.61. The Kier molecular flexibility index (Phi) is 7.38. The lowest BCUT2D eigenvalue weighted by molar-refractivity contribution is -0.122. The highest BCUT2D eigenvalue weighted by molar-refractivity contribution is 6.35. The second kappa shape index (κ2) is 9.99. The summed E-state index contributed by atoms with van der Waals surface area (Å²) in [6.45, 7) is 0. The van der Waals surface area contributed by atoms with Crippen LogP contribution in [0.25, 0.3) is 0 Å². The molecule has 2 unspecified atom stereocenters. The predicted molar refractivity (Wildman–Crippen MR) is 116 cm³/mol. The molecule has 0 bridgehead atoms. The van der Waals surface area contributed by atoms with E-state index in [0.29, 0.717) is 39.3 Å². The van der Waals surface area contributed by atoms with Gasteiger partial charge in [-0.25, -0.2) is 16.3 Å². The summed E-state index contributed by atoms with van der Waals surface area (Å²) in [4.78, 5) is 12.5. The van der Waals surface area contributed by atoms with Gasteiger partial charge in [0.1, 0.15) is 11.8 Å². The largest absolute Gasteiger partial charge is 0.496 e.